The maximum Gasteiger partial charge on any atom is 0.226 e. The summed E-state index contributed by atoms with van der Waals surface area (Å²) >= 11 is 0. The molecule has 1 N–H and O–H groups in total. The van der Waals surface area contributed by atoms with Crippen molar-refractivity contribution in [3.8, 4) is 0 Å². The van der Waals surface area contributed by atoms with E-state index in [1.165, 1.54) is 38.8 Å². The number of halogens is 1. The van der Waals surface area contributed by atoms with Crippen LogP contribution in [-0.2, 0) is 4.79 Å². The molecule has 7 rings (SSSR count). The predicted octanol–water partition coefficient (Wildman–Crippen LogP) is 3.53. The summed E-state index contributed by atoms with van der Waals surface area (Å²) < 4.78 is 13.3. The first-order valence-electron chi connectivity index (χ1n) is 10.5. The number of piperidine rings is 3. The first kappa shape index (κ1) is 16.5. The molecule has 140 valence electrons. The van der Waals surface area contributed by atoms with Gasteiger partial charge in [-0.15, -0.1) is 0 Å². The van der Waals surface area contributed by atoms with E-state index in [0.29, 0.717) is 30.2 Å². The number of hydrogen-bond acceptors (Lipinski definition) is 2. The lowest BCUT2D eigenvalue weighted by atomic mass is 9.39. The maximum atomic E-state index is 13.5. The summed E-state index contributed by atoms with van der Waals surface area (Å²) in [5.74, 6) is 1.65. The Balaban J connectivity index is 1.38. The van der Waals surface area contributed by atoms with E-state index < -0.39 is 0 Å². The molecule has 0 spiro atoms. The second kappa shape index (κ2) is 5.43. The number of alkyl halides is 1. The van der Waals surface area contributed by atoms with Crippen LogP contribution in [0.2, 0.25) is 0 Å². The lowest BCUT2D eigenvalue weighted by Crippen LogP contribution is -2.64. The summed E-state index contributed by atoms with van der Waals surface area (Å²) in [4.78, 5) is 16.0. The molecule has 2 unspecified atom stereocenters. The Morgan fingerprint density at radius 1 is 1.16 bits per heavy atom. The van der Waals surface area contributed by atoms with Gasteiger partial charge in [-0.3, -0.25) is 9.18 Å². The molecule has 0 aromatic rings. The largest absolute Gasteiger partial charge is 0.351 e. The van der Waals surface area contributed by atoms with Gasteiger partial charge in [0.15, 0.2) is 0 Å². The molecule has 0 aromatic carbocycles. The van der Waals surface area contributed by atoms with Crippen molar-refractivity contribution in [1.82, 2.24) is 10.2 Å². The van der Waals surface area contributed by atoms with E-state index in [9.17, 15) is 9.18 Å². The van der Waals surface area contributed by atoms with Gasteiger partial charge >= 0.3 is 0 Å². The summed E-state index contributed by atoms with van der Waals surface area (Å²) in [6.07, 6.45) is 9.78. The second-order valence-corrected chi connectivity index (χ2v) is 10.8. The predicted molar refractivity (Wildman–Crippen MR) is 95.9 cm³/mol. The average molecular weight is 349 g/mol. The normalized spacial score (nSPS) is 53.2. The maximum absolute atomic E-state index is 13.5. The summed E-state index contributed by atoms with van der Waals surface area (Å²) in [6.45, 7) is 5.62. The number of amides is 1. The van der Waals surface area contributed by atoms with Crippen LogP contribution in [0.25, 0.3) is 0 Å². The number of rotatable bonds is 4. The Morgan fingerprint density at radius 3 is 2.60 bits per heavy atom. The van der Waals surface area contributed by atoms with E-state index in [1.807, 2.05) is 0 Å². The highest BCUT2D eigenvalue weighted by Crippen LogP contribution is 2.70. The molecule has 0 radical (unpaired) electrons. The van der Waals surface area contributed by atoms with Crippen molar-refractivity contribution in [1.29, 1.82) is 0 Å². The fraction of sp³-hybridized carbons (Fsp3) is 0.952. The second-order valence-electron chi connectivity index (χ2n) is 10.8. The summed E-state index contributed by atoms with van der Waals surface area (Å²) in [5.41, 5.74) is 0.172. The van der Waals surface area contributed by atoms with Gasteiger partial charge in [0.25, 0.3) is 0 Å². The molecule has 7 aliphatic rings. The Labute approximate surface area is 151 Å². The number of nitrogens with zero attached hydrogens (tertiary/aromatic N) is 1. The van der Waals surface area contributed by atoms with E-state index in [0.717, 1.165) is 32.2 Å². The van der Waals surface area contributed by atoms with Crippen LogP contribution in [0.15, 0.2) is 0 Å². The topological polar surface area (TPSA) is 32.3 Å². The van der Waals surface area contributed by atoms with Crippen LogP contribution < -0.4 is 5.32 Å². The third-order valence-corrected chi connectivity index (χ3v) is 8.54. The molecule has 5 atom stereocenters. The van der Waals surface area contributed by atoms with Crippen LogP contribution in [0.5, 0.6) is 0 Å². The van der Waals surface area contributed by atoms with E-state index in [4.69, 9.17) is 0 Å². The van der Waals surface area contributed by atoms with Gasteiger partial charge in [0.2, 0.25) is 5.91 Å². The molecule has 4 saturated carbocycles. The minimum Gasteiger partial charge on any atom is -0.351 e. The lowest BCUT2D eigenvalue weighted by Gasteiger charge is -2.65. The molecule has 3 saturated heterocycles. The molecule has 25 heavy (non-hydrogen) atoms. The van der Waals surface area contributed by atoms with Gasteiger partial charge in [-0.2, -0.15) is 0 Å². The molecular formula is C21H33FN2O. The number of carbonyl (C=O) groups excluding carboxylic acids is 1. The van der Waals surface area contributed by atoms with Crippen LogP contribution in [0, 0.1) is 28.1 Å². The number of carbonyl (C=O) groups is 1. The fourth-order valence-electron chi connectivity index (χ4n) is 8.32. The highest BCUT2D eigenvalue weighted by molar-refractivity contribution is 5.83. The molecule has 4 aliphatic carbocycles. The smallest absolute Gasteiger partial charge is 0.226 e. The third kappa shape index (κ3) is 2.57. The SMILES string of the molecule is C[C@]12CC3CC(C(=O)N[C@@H]4CN5CCC4CC5)(C1)C[C@@](CCF)(C3)C2. The molecule has 3 nitrogen and oxygen atoms in total. The van der Waals surface area contributed by atoms with Gasteiger partial charge in [-0.05, 0) is 93.5 Å². The number of nitrogens with one attached hydrogen (secondary N) is 1. The van der Waals surface area contributed by atoms with Crippen molar-refractivity contribution >= 4 is 5.91 Å². The zero-order valence-corrected chi connectivity index (χ0v) is 15.7. The van der Waals surface area contributed by atoms with Crippen molar-refractivity contribution in [2.75, 3.05) is 26.3 Å². The zero-order chi connectivity index (χ0) is 17.3. The van der Waals surface area contributed by atoms with Gasteiger partial charge in [0, 0.05) is 12.6 Å². The van der Waals surface area contributed by atoms with E-state index in [2.05, 4.69) is 17.1 Å². The van der Waals surface area contributed by atoms with Gasteiger partial charge < -0.3 is 10.2 Å². The first-order valence-corrected chi connectivity index (χ1v) is 10.5. The van der Waals surface area contributed by atoms with Crippen molar-refractivity contribution in [3.05, 3.63) is 0 Å². The minimum atomic E-state index is -0.222. The first-order chi connectivity index (χ1) is 11.9. The Bertz CT molecular complexity index is 574. The Morgan fingerprint density at radius 2 is 1.96 bits per heavy atom. The highest BCUT2D eigenvalue weighted by Gasteiger charge is 2.64. The van der Waals surface area contributed by atoms with Crippen molar-refractivity contribution in [2.45, 2.75) is 70.8 Å². The zero-order valence-electron chi connectivity index (χ0n) is 15.7. The molecule has 3 aliphatic heterocycles. The van der Waals surface area contributed by atoms with Gasteiger partial charge in [-0.1, -0.05) is 6.92 Å². The van der Waals surface area contributed by atoms with Crippen molar-refractivity contribution in [3.63, 3.8) is 0 Å². The summed E-state index contributed by atoms with van der Waals surface area (Å²) in [6, 6.07) is 0.355. The van der Waals surface area contributed by atoms with Crippen LogP contribution in [0.3, 0.4) is 0 Å². The van der Waals surface area contributed by atoms with Crippen LogP contribution in [0.1, 0.15) is 64.7 Å². The molecule has 7 fully saturated rings. The lowest BCUT2D eigenvalue weighted by molar-refractivity contribution is -0.176. The third-order valence-electron chi connectivity index (χ3n) is 8.54. The molecule has 4 heteroatoms. The van der Waals surface area contributed by atoms with Crippen molar-refractivity contribution < 1.29 is 9.18 Å². The molecule has 3 heterocycles. The van der Waals surface area contributed by atoms with Crippen molar-refractivity contribution in [2.24, 2.45) is 28.1 Å². The van der Waals surface area contributed by atoms with Crippen LogP contribution in [0.4, 0.5) is 4.39 Å². The standard InChI is InChI=1S/C21H33FN2O/c1-19-8-15-9-20(12-19,4-5-22)14-21(10-15,13-19)18(25)23-17-11-24-6-2-16(17)3-7-24/h15-17H,2-14H2,1H3,(H,23,25)/t15?,17-,19-,20+,21?/m1/s1. The Hall–Kier alpha value is -0.640. The molecule has 1 amide bonds. The quantitative estimate of drug-likeness (QED) is 0.843. The molecule has 6 bridgehead atoms. The van der Waals surface area contributed by atoms with Gasteiger partial charge in [-0.25, -0.2) is 0 Å². The van der Waals surface area contributed by atoms with Gasteiger partial charge in [0.1, 0.15) is 0 Å². The van der Waals surface area contributed by atoms with Gasteiger partial charge in [0.05, 0.1) is 12.1 Å². The fourth-order valence-corrected chi connectivity index (χ4v) is 8.32. The monoisotopic (exact) mass is 348 g/mol. The number of fused-ring (bicyclic) bond motifs is 3. The van der Waals surface area contributed by atoms with Crippen LogP contribution >= 0.6 is 0 Å². The minimum absolute atomic E-state index is 0.106. The average Bonchev–Trinajstić information content (AvgIpc) is 2.53. The van der Waals surface area contributed by atoms with E-state index >= 15 is 0 Å². The van der Waals surface area contributed by atoms with Crippen LogP contribution in [-0.4, -0.2) is 43.2 Å². The number of hydrogen-bond donors (Lipinski definition) is 1. The van der Waals surface area contributed by atoms with E-state index in [1.54, 1.807) is 0 Å². The summed E-state index contributed by atoms with van der Waals surface area (Å²) in [5, 5.41) is 3.51. The molecular weight excluding hydrogens is 315 g/mol. The highest BCUT2D eigenvalue weighted by atomic mass is 19.1. The molecule has 0 aromatic heterocycles. The Kier molecular flexibility index (Phi) is 3.59. The summed E-state index contributed by atoms with van der Waals surface area (Å²) in [7, 11) is 0. The van der Waals surface area contributed by atoms with E-state index in [-0.39, 0.29) is 22.9 Å².